The fourth-order valence-corrected chi connectivity index (χ4v) is 3.38. The third-order valence-corrected chi connectivity index (χ3v) is 5.24. The number of hydrogen-bond acceptors (Lipinski definition) is 3. The van der Waals surface area contributed by atoms with Crippen molar-refractivity contribution >= 4 is 10.0 Å². The number of piperidine rings is 1. The van der Waals surface area contributed by atoms with E-state index in [2.05, 4.69) is 9.55 Å². The fraction of sp³-hybridized carbons (Fsp3) is 0.727. The summed E-state index contributed by atoms with van der Waals surface area (Å²) in [6.07, 6.45) is 7.43. The van der Waals surface area contributed by atoms with Gasteiger partial charge in [0.1, 0.15) is 0 Å². The van der Waals surface area contributed by atoms with E-state index in [9.17, 15) is 8.42 Å². The second kappa shape index (κ2) is 5.18. The third kappa shape index (κ3) is 3.07. The van der Waals surface area contributed by atoms with Crippen molar-refractivity contribution in [3.63, 3.8) is 0 Å². The highest BCUT2D eigenvalue weighted by molar-refractivity contribution is 7.89. The zero-order valence-corrected chi connectivity index (χ0v) is 10.9. The second-order valence-corrected chi connectivity index (χ2v) is 6.76. The lowest BCUT2D eigenvalue weighted by atomic mass is 9.98. The lowest BCUT2D eigenvalue weighted by Gasteiger charge is -2.31. The topological polar surface area (TPSA) is 55.2 Å². The normalized spacial score (nSPS) is 19.6. The molecule has 1 aromatic rings. The first-order chi connectivity index (χ1) is 8.12. The molecule has 5 nitrogen and oxygen atoms in total. The highest BCUT2D eigenvalue weighted by Gasteiger charge is 2.26. The summed E-state index contributed by atoms with van der Waals surface area (Å²) in [5, 5.41) is 0. The van der Waals surface area contributed by atoms with Crippen molar-refractivity contribution in [3.05, 3.63) is 18.7 Å². The predicted octanol–water partition coefficient (Wildman–Crippen LogP) is 0.945. The van der Waals surface area contributed by atoms with Crippen molar-refractivity contribution in [2.75, 3.05) is 18.8 Å². The summed E-state index contributed by atoms with van der Waals surface area (Å²) in [5.74, 6) is 0.770. The molecule has 0 aliphatic carbocycles. The Morgan fingerprint density at radius 3 is 2.59 bits per heavy atom. The molecule has 0 amide bonds. The van der Waals surface area contributed by atoms with Crippen LogP contribution in [-0.2, 0) is 16.6 Å². The molecule has 0 bridgehead atoms. The van der Waals surface area contributed by atoms with Crippen molar-refractivity contribution < 1.29 is 8.42 Å². The average Bonchev–Trinajstić information content (AvgIpc) is 2.83. The van der Waals surface area contributed by atoms with Gasteiger partial charge in [0.05, 0.1) is 12.1 Å². The van der Waals surface area contributed by atoms with Gasteiger partial charge in [0.15, 0.2) is 0 Å². The third-order valence-electron chi connectivity index (χ3n) is 3.36. The lowest BCUT2D eigenvalue weighted by Crippen LogP contribution is -2.40. The summed E-state index contributed by atoms with van der Waals surface area (Å²) in [7, 11) is -2.99. The zero-order valence-electron chi connectivity index (χ0n) is 10.1. The molecule has 2 rings (SSSR count). The summed E-state index contributed by atoms with van der Waals surface area (Å²) in [4.78, 5) is 4.01. The number of imidazole rings is 1. The van der Waals surface area contributed by atoms with Gasteiger partial charge in [-0.1, -0.05) is 0 Å². The Kier molecular flexibility index (Phi) is 3.83. The maximum atomic E-state index is 11.7. The molecule has 1 aliphatic rings. The van der Waals surface area contributed by atoms with E-state index < -0.39 is 10.0 Å². The molecule has 96 valence electrons. The molecule has 0 spiro atoms. The van der Waals surface area contributed by atoms with E-state index in [-0.39, 0.29) is 5.75 Å². The summed E-state index contributed by atoms with van der Waals surface area (Å²) in [6, 6.07) is 0. The molecule has 0 aromatic carbocycles. The number of hydrogen-bond donors (Lipinski definition) is 0. The highest BCUT2D eigenvalue weighted by atomic mass is 32.2. The molecule has 0 atom stereocenters. The molecule has 1 aromatic heterocycles. The molecular weight excluding hydrogens is 238 g/mol. The van der Waals surface area contributed by atoms with Crippen molar-refractivity contribution in [1.82, 2.24) is 13.9 Å². The van der Waals surface area contributed by atoms with Crippen LogP contribution in [0.15, 0.2) is 18.7 Å². The molecule has 0 unspecified atom stereocenters. The van der Waals surface area contributed by atoms with Crippen LogP contribution in [0.3, 0.4) is 0 Å². The van der Waals surface area contributed by atoms with Gasteiger partial charge >= 0.3 is 0 Å². The lowest BCUT2D eigenvalue weighted by molar-refractivity contribution is 0.253. The quantitative estimate of drug-likeness (QED) is 0.807. The van der Waals surface area contributed by atoms with Gasteiger partial charge in [-0.05, 0) is 25.7 Å². The molecule has 0 saturated carbocycles. The largest absolute Gasteiger partial charge is 0.337 e. The molecule has 17 heavy (non-hydrogen) atoms. The molecular formula is C11H19N3O2S. The fourth-order valence-electron chi connectivity index (χ4n) is 2.25. The maximum Gasteiger partial charge on any atom is 0.213 e. The Morgan fingerprint density at radius 2 is 2.06 bits per heavy atom. The summed E-state index contributed by atoms with van der Waals surface area (Å²) in [5.41, 5.74) is 0. The van der Waals surface area contributed by atoms with Gasteiger partial charge in [-0.2, -0.15) is 0 Å². The van der Waals surface area contributed by atoms with E-state index in [0.717, 1.165) is 19.4 Å². The van der Waals surface area contributed by atoms with Gasteiger partial charge in [-0.3, -0.25) is 0 Å². The Morgan fingerprint density at radius 1 is 1.35 bits per heavy atom. The van der Waals surface area contributed by atoms with Crippen LogP contribution in [0.2, 0.25) is 0 Å². The van der Waals surface area contributed by atoms with Crippen molar-refractivity contribution in [3.8, 4) is 0 Å². The van der Waals surface area contributed by atoms with Crippen LogP contribution in [0.25, 0.3) is 0 Å². The SMILES string of the molecule is CCS(=O)(=O)N1CCC(Cn2ccnc2)CC1. The summed E-state index contributed by atoms with van der Waals surface area (Å²) >= 11 is 0. The van der Waals surface area contributed by atoms with Crippen LogP contribution in [0.4, 0.5) is 0 Å². The van der Waals surface area contributed by atoms with Gasteiger partial charge in [-0.15, -0.1) is 0 Å². The molecule has 1 aliphatic heterocycles. The van der Waals surface area contributed by atoms with E-state index in [1.54, 1.807) is 17.4 Å². The standard InChI is InChI=1S/C11H19N3O2S/c1-2-17(15,16)14-6-3-11(4-7-14)9-13-8-5-12-10-13/h5,8,10-11H,2-4,6-7,9H2,1H3. The molecule has 0 radical (unpaired) electrons. The van der Waals surface area contributed by atoms with Gasteiger partial charge in [0.25, 0.3) is 0 Å². The van der Waals surface area contributed by atoms with E-state index >= 15 is 0 Å². The minimum Gasteiger partial charge on any atom is -0.337 e. The van der Waals surface area contributed by atoms with Crippen LogP contribution in [0.5, 0.6) is 0 Å². The minimum absolute atomic E-state index is 0.208. The molecule has 0 N–H and O–H groups in total. The zero-order chi connectivity index (χ0) is 12.3. The van der Waals surface area contributed by atoms with E-state index in [4.69, 9.17) is 0 Å². The smallest absolute Gasteiger partial charge is 0.213 e. The number of rotatable bonds is 4. The maximum absolute atomic E-state index is 11.7. The molecule has 1 fully saturated rings. The number of aromatic nitrogens is 2. The monoisotopic (exact) mass is 257 g/mol. The van der Waals surface area contributed by atoms with Crippen molar-refractivity contribution in [1.29, 1.82) is 0 Å². The van der Waals surface area contributed by atoms with Crippen LogP contribution >= 0.6 is 0 Å². The van der Waals surface area contributed by atoms with E-state index in [1.165, 1.54) is 0 Å². The van der Waals surface area contributed by atoms with Crippen LogP contribution < -0.4 is 0 Å². The minimum atomic E-state index is -2.99. The van der Waals surface area contributed by atoms with Crippen LogP contribution in [0.1, 0.15) is 19.8 Å². The van der Waals surface area contributed by atoms with Gasteiger partial charge in [-0.25, -0.2) is 17.7 Å². The molecule has 2 heterocycles. The Hall–Kier alpha value is -0.880. The number of nitrogens with zero attached hydrogens (tertiary/aromatic N) is 3. The van der Waals surface area contributed by atoms with Gasteiger partial charge < -0.3 is 4.57 Å². The summed E-state index contributed by atoms with van der Waals surface area (Å²) in [6.45, 7) is 3.97. The van der Waals surface area contributed by atoms with Crippen molar-refractivity contribution in [2.24, 2.45) is 5.92 Å². The van der Waals surface area contributed by atoms with Crippen LogP contribution in [-0.4, -0.2) is 41.1 Å². The van der Waals surface area contributed by atoms with Gasteiger partial charge in [0, 0.05) is 32.0 Å². The first-order valence-electron chi connectivity index (χ1n) is 6.05. The summed E-state index contributed by atoms with van der Waals surface area (Å²) < 4.78 is 27.1. The van der Waals surface area contributed by atoms with E-state index in [1.807, 2.05) is 12.5 Å². The first kappa shape index (κ1) is 12.6. The van der Waals surface area contributed by atoms with Gasteiger partial charge in [0.2, 0.25) is 10.0 Å². The molecule has 6 heteroatoms. The Balaban J connectivity index is 1.86. The molecule has 1 saturated heterocycles. The second-order valence-electron chi connectivity index (χ2n) is 4.50. The Labute approximate surface area is 103 Å². The average molecular weight is 257 g/mol. The first-order valence-corrected chi connectivity index (χ1v) is 7.66. The predicted molar refractivity (Wildman–Crippen MR) is 66.0 cm³/mol. The van der Waals surface area contributed by atoms with Crippen molar-refractivity contribution in [2.45, 2.75) is 26.3 Å². The van der Waals surface area contributed by atoms with Crippen LogP contribution in [0, 0.1) is 5.92 Å². The highest BCUT2D eigenvalue weighted by Crippen LogP contribution is 2.21. The Bertz CT molecular complexity index is 433. The number of sulfonamides is 1. The van der Waals surface area contributed by atoms with E-state index in [0.29, 0.717) is 19.0 Å².